The zero-order valence-corrected chi connectivity index (χ0v) is 19.5. The first-order valence-electron chi connectivity index (χ1n) is 8.81. The smallest absolute Gasteiger partial charge is 0.226 e. The Morgan fingerprint density at radius 3 is 2.68 bits per heavy atom. The van der Waals surface area contributed by atoms with Gasteiger partial charge >= 0.3 is 0 Å². The Balaban J connectivity index is 0.000000403. The van der Waals surface area contributed by atoms with E-state index in [1.54, 1.807) is 0 Å². The van der Waals surface area contributed by atoms with E-state index in [4.69, 9.17) is 27.5 Å². The number of halogens is 2. The number of nitrogens with two attached hydrogens (primary N) is 1. The monoisotopic (exact) mass is 536 g/mol. The van der Waals surface area contributed by atoms with Gasteiger partial charge in [-0.3, -0.25) is 0 Å². The summed E-state index contributed by atoms with van der Waals surface area (Å²) < 4.78 is 4.20. The molecule has 0 aliphatic heterocycles. The first-order chi connectivity index (χ1) is 13.2. The van der Waals surface area contributed by atoms with Gasteiger partial charge in [-0.25, -0.2) is 9.44 Å². The lowest BCUT2D eigenvalue weighted by molar-refractivity contribution is -0.127. The Bertz CT molecular complexity index is 951. The number of hydrogen-bond donors (Lipinski definition) is 3. The number of nitrogen functional groups attached to an aromatic ring is 1. The standard InChI is InChI=1S/C14H15ClIN6P.C3H8O2/c15-14-19-12(17)11-3-4-21(13(11)20-14)10-2-1-8(5-10)9-6-18-22(7-9)23-16;1-3(2,4)5/h3-4,6-8,10,23H,1-2,5H2,(H2,17,19,20);4-5H,1-2H3. The van der Waals surface area contributed by atoms with Crippen LogP contribution in [-0.2, 0) is 0 Å². The molecule has 28 heavy (non-hydrogen) atoms. The Morgan fingerprint density at radius 2 is 2.04 bits per heavy atom. The lowest BCUT2D eigenvalue weighted by atomic mass is 10.0. The number of aromatic nitrogens is 5. The van der Waals surface area contributed by atoms with Crippen molar-refractivity contribution >= 4 is 56.9 Å². The second kappa shape index (κ2) is 8.79. The average Bonchev–Trinajstić information content (AvgIpc) is 3.31. The summed E-state index contributed by atoms with van der Waals surface area (Å²) in [5, 5.41) is 21.6. The second-order valence-electron chi connectivity index (χ2n) is 7.30. The average molecular weight is 537 g/mol. The van der Waals surface area contributed by atoms with Crippen molar-refractivity contribution in [1.82, 2.24) is 24.1 Å². The van der Waals surface area contributed by atoms with Gasteiger partial charge in [-0.05, 0) is 84.3 Å². The van der Waals surface area contributed by atoms with Crippen LogP contribution < -0.4 is 5.73 Å². The fourth-order valence-corrected chi connectivity index (χ4v) is 4.69. The zero-order chi connectivity index (χ0) is 20.5. The van der Waals surface area contributed by atoms with Gasteiger partial charge in [0.2, 0.25) is 5.28 Å². The van der Waals surface area contributed by atoms with E-state index in [1.165, 1.54) is 19.4 Å². The molecule has 0 spiro atoms. The molecule has 1 saturated carbocycles. The van der Waals surface area contributed by atoms with E-state index in [9.17, 15) is 0 Å². The van der Waals surface area contributed by atoms with Crippen LogP contribution in [0.25, 0.3) is 11.0 Å². The van der Waals surface area contributed by atoms with Crippen LogP contribution >= 0.6 is 40.0 Å². The van der Waals surface area contributed by atoms with E-state index >= 15 is 0 Å². The summed E-state index contributed by atoms with van der Waals surface area (Å²) in [4.78, 5) is 8.40. The Hall–Kier alpha value is -1.000. The number of rotatable bonds is 3. The van der Waals surface area contributed by atoms with Crippen LogP contribution in [0.1, 0.15) is 50.6 Å². The maximum atomic E-state index is 8.08. The largest absolute Gasteiger partial charge is 0.383 e. The van der Waals surface area contributed by atoms with Crippen LogP contribution in [-0.4, -0.2) is 40.1 Å². The van der Waals surface area contributed by atoms with Crippen molar-refractivity contribution in [1.29, 1.82) is 0 Å². The van der Waals surface area contributed by atoms with Crippen molar-refractivity contribution in [2.24, 2.45) is 0 Å². The van der Waals surface area contributed by atoms with Crippen molar-refractivity contribution in [3.63, 3.8) is 0 Å². The van der Waals surface area contributed by atoms with E-state index in [0.717, 1.165) is 30.3 Å². The fraction of sp³-hybridized carbons (Fsp3) is 0.471. The number of nitrogens with zero attached hydrogens (tertiary/aromatic N) is 5. The van der Waals surface area contributed by atoms with E-state index < -0.39 is 5.79 Å². The second-order valence-corrected chi connectivity index (χ2v) is 9.71. The SMILES string of the molecule is CC(C)(O)O.Nc1nc(Cl)nc2c1ccn2C1CCC(c2cnn(PI)c2)C1. The highest BCUT2D eigenvalue weighted by Crippen LogP contribution is 2.42. The van der Waals surface area contributed by atoms with Crippen molar-refractivity contribution in [3.8, 4) is 0 Å². The van der Waals surface area contributed by atoms with Crippen LogP contribution in [0.2, 0.25) is 5.28 Å². The summed E-state index contributed by atoms with van der Waals surface area (Å²) in [6.45, 7) is 2.60. The third kappa shape index (κ3) is 5.33. The molecule has 11 heteroatoms. The Kier molecular flexibility index (Phi) is 6.81. The van der Waals surface area contributed by atoms with Gasteiger partial charge in [0.05, 0.1) is 18.0 Å². The number of aliphatic hydroxyl groups is 2. The van der Waals surface area contributed by atoms with Crippen LogP contribution in [0.15, 0.2) is 24.7 Å². The van der Waals surface area contributed by atoms with Crippen LogP contribution in [0, 0.1) is 0 Å². The molecular weight excluding hydrogens is 514 g/mol. The van der Waals surface area contributed by atoms with Gasteiger partial charge < -0.3 is 20.5 Å². The molecule has 3 aromatic heterocycles. The summed E-state index contributed by atoms with van der Waals surface area (Å²) in [7, 11) is 0. The third-order valence-corrected chi connectivity index (χ3v) is 6.60. The summed E-state index contributed by atoms with van der Waals surface area (Å²) in [5.41, 5.74) is 8.11. The van der Waals surface area contributed by atoms with Crippen molar-refractivity contribution in [2.75, 3.05) is 5.73 Å². The van der Waals surface area contributed by atoms with E-state index in [1.807, 2.05) is 16.7 Å². The van der Waals surface area contributed by atoms with Gasteiger partial charge in [-0.1, -0.05) is 0 Å². The highest BCUT2D eigenvalue weighted by molar-refractivity contribution is 14.2. The van der Waals surface area contributed by atoms with Crippen molar-refractivity contribution in [2.45, 2.75) is 50.9 Å². The van der Waals surface area contributed by atoms with Gasteiger partial charge in [0.1, 0.15) is 11.5 Å². The first kappa shape index (κ1) is 21.7. The minimum absolute atomic E-state index is 0.203. The lowest BCUT2D eigenvalue weighted by Crippen LogP contribution is -2.15. The lowest BCUT2D eigenvalue weighted by Gasteiger charge is -2.14. The van der Waals surface area contributed by atoms with E-state index in [0.29, 0.717) is 24.2 Å². The molecule has 4 N–H and O–H groups in total. The number of anilines is 1. The molecule has 0 aromatic carbocycles. The number of hydrogen-bond acceptors (Lipinski definition) is 6. The van der Waals surface area contributed by atoms with Crippen molar-refractivity contribution in [3.05, 3.63) is 35.5 Å². The van der Waals surface area contributed by atoms with Crippen LogP contribution in [0.4, 0.5) is 5.82 Å². The highest BCUT2D eigenvalue weighted by atomic mass is 127. The maximum Gasteiger partial charge on any atom is 0.226 e. The predicted octanol–water partition coefficient (Wildman–Crippen LogP) is 3.87. The van der Waals surface area contributed by atoms with Crippen LogP contribution in [0.5, 0.6) is 0 Å². The zero-order valence-electron chi connectivity index (χ0n) is 15.5. The summed E-state index contributed by atoms with van der Waals surface area (Å²) in [6, 6.07) is 2.39. The molecular formula is C17H23ClIN6O2P. The van der Waals surface area contributed by atoms with Gasteiger partial charge in [0.25, 0.3) is 0 Å². The first-order valence-corrected chi connectivity index (χ1v) is 13.2. The molecule has 1 aliphatic carbocycles. The molecule has 3 aromatic rings. The molecule has 0 bridgehead atoms. The normalized spacial score (nSPS) is 20.1. The predicted molar refractivity (Wildman–Crippen MR) is 121 cm³/mol. The molecule has 1 aliphatic rings. The molecule has 3 atom stereocenters. The molecule has 8 nitrogen and oxygen atoms in total. The van der Waals surface area contributed by atoms with Gasteiger partial charge in [0, 0.05) is 18.4 Å². The van der Waals surface area contributed by atoms with E-state index in [-0.39, 0.29) is 5.28 Å². The maximum absolute atomic E-state index is 8.08. The van der Waals surface area contributed by atoms with Crippen molar-refractivity contribution < 1.29 is 10.2 Å². The van der Waals surface area contributed by atoms with Gasteiger partial charge in [-0.2, -0.15) is 10.1 Å². The molecule has 4 rings (SSSR count). The molecule has 0 radical (unpaired) electrons. The Labute approximate surface area is 182 Å². The fourth-order valence-electron chi connectivity index (χ4n) is 3.43. The molecule has 0 saturated heterocycles. The molecule has 0 amide bonds. The summed E-state index contributed by atoms with van der Waals surface area (Å²) in [5.74, 6) is -0.508. The van der Waals surface area contributed by atoms with Gasteiger partial charge in [-0.15, -0.1) is 0 Å². The number of fused-ring (bicyclic) bond motifs is 1. The quantitative estimate of drug-likeness (QED) is 0.203. The molecule has 3 heterocycles. The topological polar surface area (TPSA) is 115 Å². The minimum Gasteiger partial charge on any atom is -0.383 e. The highest BCUT2D eigenvalue weighted by Gasteiger charge is 2.29. The Morgan fingerprint density at radius 1 is 1.32 bits per heavy atom. The summed E-state index contributed by atoms with van der Waals surface area (Å²) in [6.07, 6.45) is 10.2. The van der Waals surface area contributed by atoms with Gasteiger partial charge in [0.15, 0.2) is 5.79 Å². The molecule has 3 unspecified atom stereocenters. The third-order valence-electron chi connectivity index (χ3n) is 4.53. The molecule has 1 fully saturated rings. The van der Waals surface area contributed by atoms with E-state index in [2.05, 4.69) is 54.1 Å². The minimum atomic E-state index is -1.50. The summed E-state index contributed by atoms with van der Waals surface area (Å²) >= 11 is 8.32. The molecule has 152 valence electrons. The van der Waals surface area contributed by atoms with Crippen LogP contribution in [0.3, 0.4) is 0 Å².